The van der Waals surface area contributed by atoms with Crippen molar-refractivity contribution in [2.45, 2.75) is 46.2 Å². The number of aryl methyl sites for hydroxylation is 3. The van der Waals surface area contributed by atoms with E-state index in [1.807, 2.05) is 24.0 Å². The lowest BCUT2D eigenvalue weighted by Crippen LogP contribution is -2.16. The second-order valence-corrected chi connectivity index (χ2v) is 5.36. The Morgan fingerprint density at radius 1 is 1.35 bits per heavy atom. The molecule has 0 bridgehead atoms. The Hall–Kier alpha value is -1.39. The summed E-state index contributed by atoms with van der Waals surface area (Å²) in [4.78, 5) is 4.20. The minimum Gasteiger partial charge on any atom is -0.324 e. The molecule has 2 rings (SSSR count). The van der Waals surface area contributed by atoms with Gasteiger partial charge in [0.05, 0.1) is 16.4 Å². The highest BCUT2D eigenvalue weighted by Crippen LogP contribution is 2.26. The average molecular weight is 293 g/mol. The van der Waals surface area contributed by atoms with Crippen LogP contribution in [-0.4, -0.2) is 14.8 Å². The minimum absolute atomic E-state index is 0.119. The van der Waals surface area contributed by atoms with E-state index in [0.717, 1.165) is 40.5 Å². The Balaban J connectivity index is 2.27. The number of nitrogens with two attached hydrogens (primary N) is 1. The van der Waals surface area contributed by atoms with Gasteiger partial charge in [-0.3, -0.25) is 9.67 Å². The molecule has 5 heteroatoms. The molecule has 0 saturated heterocycles. The molecule has 0 aliphatic carbocycles. The lowest BCUT2D eigenvalue weighted by Gasteiger charge is -2.13. The van der Waals surface area contributed by atoms with E-state index in [4.69, 9.17) is 17.3 Å². The van der Waals surface area contributed by atoms with E-state index in [-0.39, 0.29) is 6.04 Å². The summed E-state index contributed by atoms with van der Waals surface area (Å²) >= 11 is 6.42. The van der Waals surface area contributed by atoms with Gasteiger partial charge in [-0.2, -0.15) is 5.10 Å². The predicted octanol–water partition coefficient (Wildman–Crippen LogP) is 3.06. The number of aromatic nitrogens is 3. The van der Waals surface area contributed by atoms with E-state index in [1.54, 1.807) is 0 Å². The van der Waals surface area contributed by atoms with Crippen molar-refractivity contribution in [2.75, 3.05) is 0 Å². The molecule has 0 aromatic carbocycles. The SMILES string of the molecule is CCc1nn(CC)c(CC(N)c2cncc(C)c2)c1Cl. The summed E-state index contributed by atoms with van der Waals surface area (Å²) in [7, 11) is 0. The van der Waals surface area contributed by atoms with E-state index in [1.165, 1.54) is 0 Å². The van der Waals surface area contributed by atoms with E-state index in [9.17, 15) is 0 Å². The van der Waals surface area contributed by atoms with Crippen LogP contribution in [0.4, 0.5) is 0 Å². The molecule has 1 unspecified atom stereocenters. The van der Waals surface area contributed by atoms with Gasteiger partial charge in [-0.1, -0.05) is 24.6 Å². The normalized spacial score (nSPS) is 12.7. The Labute approximate surface area is 125 Å². The summed E-state index contributed by atoms with van der Waals surface area (Å²) < 4.78 is 1.95. The number of hydrogen-bond acceptors (Lipinski definition) is 3. The first-order valence-electron chi connectivity index (χ1n) is 6.98. The summed E-state index contributed by atoms with van der Waals surface area (Å²) in [5.74, 6) is 0. The zero-order valence-corrected chi connectivity index (χ0v) is 13.0. The fourth-order valence-electron chi connectivity index (χ4n) is 2.32. The van der Waals surface area contributed by atoms with Gasteiger partial charge in [0.25, 0.3) is 0 Å². The van der Waals surface area contributed by atoms with Crippen LogP contribution in [0, 0.1) is 6.92 Å². The molecule has 2 aromatic rings. The van der Waals surface area contributed by atoms with Crippen LogP contribution in [0.2, 0.25) is 5.02 Å². The predicted molar refractivity (Wildman–Crippen MR) is 81.9 cm³/mol. The zero-order chi connectivity index (χ0) is 14.7. The summed E-state index contributed by atoms with van der Waals surface area (Å²) in [6.07, 6.45) is 5.15. The Morgan fingerprint density at radius 2 is 2.10 bits per heavy atom. The number of pyridine rings is 1. The van der Waals surface area contributed by atoms with E-state index < -0.39 is 0 Å². The van der Waals surface area contributed by atoms with E-state index in [0.29, 0.717) is 6.42 Å². The molecule has 0 fully saturated rings. The van der Waals surface area contributed by atoms with Gasteiger partial charge in [0, 0.05) is 31.4 Å². The first-order valence-corrected chi connectivity index (χ1v) is 7.35. The molecular weight excluding hydrogens is 272 g/mol. The molecule has 0 spiro atoms. The van der Waals surface area contributed by atoms with Crippen LogP contribution < -0.4 is 5.73 Å². The van der Waals surface area contributed by atoms with Crippen LogP contribution in [0.25, 0.3) is 0 Å². The highest BCUT2D eigenvalue weighted by Gasteiger charge is 2.18. The van der Waals surface area contributed by atoms with Gasteiger partial charge < -0.3 is 5.73 Å². The van der Waals surface area contributed by atoms with Gasteiger partial charge in [0.1, 0.15) is 0 Å². The zero-order valence-electron chi connectivity index (χ0n) is 12.2. The maximum Gasteiger partial charge on any atom is 0.0850 e. The fraction of sp³-hybridized carbons (Fsp3) is 0.467. The second kappa shape index (κ2) is 6.37. The molecule has 20 heavy (non-hydrogen) atoms. The molecule has 2 N–H and O–H groups in total. The fourth-order valence-corrected chi connectivity index (χ4v) is 2.67. The van der Waals surface area contributed by atoms with Crippen LogP contribution in [0.15, 0.2) is 18.5 Å². The smallest absolute Gasteiger partial charge is 0.0850 e. The maximum atomic E-state index is 6.42. The van der Waals surface area contributed by atoms with Gasteiger partial charge >= 0.3 is 0 Å². The quantitative estimate of drug-likeness (QED) is 0.921. The topological polar surface area (TPSA) is 56.7 Å². The Morgan fingerprint density at radius 3 is 2.70 bits per heavy atom. The van der Waals surface area contributed by atoms with Crippen molar-refractivity contribution in [1.29, 1.82) is 0 Å². The Bertz CT molecular complexity index is 592. The van der Waals surface area contributed by atoms with Crippen LogP contribution in [0.1, 0.15) is 42.4 Å². The highest BCUT2D eigenvalue weighted by molar-refractivity contribution is 6.31. The molecule has 4 nitrogen and oxygen atoms in total. The minimum atomic E-state index is -0.119. The summed E-state index contributed by atoms with van der Waals surface area (Å²) in [5, 5.41) is 5.28. The molecule has 0 amide bonds. The van der Waals surface area contributed by atoms with Crippen LogP contribution in [-0.2, 0) is 19.4 Å². The largest absolute Gasteiger partial charge is 0.324 e. The molecule has 0 saturated carbocycles. The van der Waals surface area contributed by atoms with E-state index >= 15 is 0 Å². The molecule has 0 radical (unpaired) electrons. The monoisotopic (exact) mass is 292 g/mol. The van der Waals surface area contributed by atoms with Crippen molar-refractivity contribution in [3.05, 3.63) is 46.0 Å². The molecule has 1 atom stereocenters. The van der Waals surface area contributed by atoms with Crippen molar-refractivity contribution in [3.8, 4) is 0 Å². The Kier molecular flexibility index (Phi) is 4.78. The third-order valence-electron chi connectivity index (χ3n) is 3.43. The third-order valence-corrected chi connectivity index (χ3v) is 3.87. The number of rotatable bonds is 5. The average Bonchev–Trinajstić information content (AvgIpc) is 2.75. The van der Waals surface area contributed by atoms with Crippen LogP contribution >= 0.6 is 11.6 Å². The lowest BCUT2D eigenvalue weighted by atomic mass is 10.0. The third kappa shape index (κ3) is 3.02. The van der Waals surface area contributed by atoms with Crippen molar-refractivity contribution < 1.29 is 0 Å². The molecule has 2 aromatic heterocycles. The second-order valence-electron chi connectivity index (χ2n) is 4.98. The van der Waals surface area contributed by atoms with Crippen molar-refractivity contribution in [1.82, 2.24) is 14.8 Å². The summed E-state index contributed by atoms with van der Waals surface area (Å²) in [6, 6.07) is 1.95. The highest BCUT2D eigenvalue weighted by atomic mass is 35.5. The van der Waals surface area contributed by atoms with Crippen molar-refractivity contribution in [3.63, 3.8) is 0 Å². The molecule has 0 aliphatic rings. The maximum absolute atomic E-state index is 6.42. The molecule has 2 heterocycles. The van der Waals surface area contributed by atoms with Gasteiger partial charge in [0.2, 0.25) is 0 Å². The number of nitrogens with zero attached hydrogens (tertiary/aromatic N) is 3. The standard InChI is InChI=1S/C15H21ClN4/c1-4-13-15(16)14(20(5-2)19-13)7-12(17)11-6-10(3)8-18-9-11/h6,8-9,12H,4-5,7,17H2,1-3H3. The first-order chi connectivity index (χ1) is 9.56. The number of halogens is 1. The lowest BCUT2D eigenvalue weighted by molar-refractivity contribution is 0.585. The van der Waals surface area contributed by atoms with Crippen LogP contribution in [0.5, 0.6) is 0 Å². The van der Waals surface area contributed by atoms with Crippen LogP contribution in [0.3, 0.4) is 0 Å². The summed E-state index contributed by atoms with van der Waals surface area (Å²) in [5.41, 5.74) is 10.4. The molecular formula is C15H21ClN4. The summed E-state index contributed by atoms with van der Waals surface area (Å²) in [6.45, 7) is 6.93. The first kappa shape index (κ1) is 15.0. The van der Waals surface area contributed by atoms with Gasteiger partial charge in [0.15, 0.2) is 0 Å². The van der Waals surface area contributed by atoms with Gasteiger partial charge in [-0.15, -0.1) is 0 Å². The van der Waals surface area contributed by atoms with E-state index in [2.05, 4.69) is 30.0 Å². The molecule has 0 aliphatic heterocycles. The van der Waals surface area contributed by atoms with Crippen molar-refractivity contribution >= 4 is 11.6 Å². The number of hydrogen-bond donors (Lipinski definition) is 1. The molecule has 108 valence electrons. The van der Waals surface area contributed by atoms with Crippen molar-refractivity contribution in [2.24, 2.45) is 5.73 Å². The van der Waals surface area contributed by atoms with Gasteiger partial charge in [-0.05, 0) is 31.4 Å². The van der Waals surface area contributed by atoms with Gasteiger partial charge in [-0.25, -0.2) is 0 Å².